The van der Waals surface area contributed by atoms with Crippen molar-refractivity contribution in [3.8, 4) is 5.75 Å². The Balaban J connectivity index is 1.69. The summed E-state index contributed by atoms with van der Waals surface area (Å²) in [7, 11) is 1.56. The van der Waals surface area contributed by atoms with Crippen LogP contribution in [0, 0.1) is 5.92 Å². The van der Waals surface area contributed by atoms with Crippen LogP contribution in [0.5, 0.6) is 5.75 Å². The maximum absolute atomic E-state index is 12.8. The number of aryl methyl sites for hydroxylation is 1. The summed E-state index contributed by atoms with van der Waals surface area (Å²) in [6.07, 6.45) is 3.45. The number of hydrogen-bond donors (Lipinski definition) is 1. The fraction of sp³-hybridized carbons (Fsp3) is 0.381. The zero-order chi connectivity index (χ0) is 20.1. The fourth-order valence-corrected chi connectivity index (χ4v) is 3.16. The van der Waals surface area contributed by atoms with Gasteiger partial charge in [-0.3, -0.25) is 14.4 Å². The molecule has 1 aliphatic heterocycles. The number of aromatic nitrogens is 1. The molecule has 0 radical (unpaired) electrons. The molecule has 7 nitrogen and oxygen atoms in total. The standard InChI is InChI=1S/C21H25N3O4/c1-15-8-10-24(11-9-15)20(26)16-12-18(21(27)23(2)13-16)22-19(25)14-28-17-6-4-3-5-7-17/h3-7,12-13,15H,8-11,14H2,1-2H3,(H,22,25). The Morgan fingerprint density at radius 3 is 2.54 bits per heavy atom. The van der Waals surface area contributed by atoms with Crippen molar-refractivity contribution in [1.29, 1.82) is 0 Å². The predicted molar refractivity (Wildman–Crippen MR) is 107 cm³/mol. The van der Waals surface area contributed by atoms with Gasteiger partial charge in [0.1, 0.15) is 11.4 Å². The molecule has 0 atom stereocenters. The first-order valence-corrected chi connectivity index (χ1v) is 9.41. The Morgan fingerprint density at radius 1 is 1.18 bits per heavy atom. The number of carbonyl (C=O) groups is 2. The van der Waals surface area contributed by atoms with Gasteiger partial charge in [-0.2, -0.15) is 0 Å². The smallest absolute Gasteiger partial charge is 0.274 e. The molecule has 1 saturated heterocycles. The number of carbonyl (C=O) groups excluding carboxylic acids is 2. The molecule has 0 aliphatic carbocycles. The van der Waals surface area contributed by atoms with Gasteiger partial charge in [-0.1, -0.05) is 25.1 Å². The second kappa shape index (κ2) is 8.73. The van der Waals surface area contributed by atoms with Crippen molar-refractivity contribution < 1.29 is 14.3 Å². The maximum Gasteiger partial charge on any atom is 0.274 e. The molecular weight excluding hydrogens is 358 g/mol. The molecule has 0 unspecified atom stereocenters. The molecule has 3 rings (SSSR count). The van der Waals surface area contributed by atoms with Gasteiger partial charge in [-0.25, -0.2) is 0 Å². The van der Waals surface area contributed by atoms with Crippen molar-refractivity contribution in [1.82, 2.24) is 9.47 Å². The van der Waals surface area contributed by atoms with Crippen LogP contribution in [-0.4, -0.2) is 41.0 Å². The number of anilines is 1. The van der Waals surface area contributed by atoms with Crippen molar-refractivity contribution in [3.05, 3.63) is 58.5 Å². The number of amides is 2. The van der Waals surface area contributed by atoms with Gasteiger partial charge in [0, 0.05) is 26.3 Å². The van der Waals surface area contributed by atoms with Gasteiger partial charge in [-0.15, -0.1) is 0 Å². The summed E-state index contributed by atoms with van der Waals surface area (Å²) in [6.45, 7) is 3.36. The highest BCUT2D eigenvalue weighted by Gasteiger charge is 2.23. The van der Waals surface area contributed by atoms with Gasteiger partial charge < -0.3 is 19.5 Å². The molecule has 148 valence electrons. The average Bonchev–Trinajstić information content (AvgIpc) is 2.70. The van der Waals surface area contributed by atoms with E-state index in [0.717, 1.165) is 12.8 Å². The number of para-hydroxylation sites is 1. The molecule has 0 bridgehead atoms. The lowest BCUT2D eigenvalue weighted by Crippen LogP contribution is -2.38. The van der Waals surface area contributed by atoms with Gasteiger partial charge in [0.05, 0.1) is 5.56 Å². The summed E-state index contributed by atoms with van der Waals surface area (Å²) < 4.78 is 6.71. The number of nitrogens with one attached hydrogen (secondary N) is 1. The van der Waals surface area contributed by atoms with E-state index in [0.29, 0.717) is 30.3 Å². The average molecular weight is 383 g/mol. The zero-order valence-electron chi connectivity index (χ0n) is 16.2. The number of nitrogens with zero attached hydrogens (tertiary/aromatic N) is 2. The highest BCUT2D eigenvalue weighted by Crippen LogP contribution is 2.18. The Kier molecular flexibility index (Phi) is 6.13. The van der Waals surface area contributed by atoms with Crippen molar-refractivity contribution in [2.45, 2.75) is 19.8 Å². The lowest BCUT2D eigenvalue weighted by molar-refractivity contribution is -0.118. The largest absolute Gasteiger partial charge is 0.484 e. The van der Waals surface area contributed by atoms with E-state index in [4.69, 9.17) is 4.74 Å². The summed E-state index contributed by atoms with van der Waals surface area (Å²) in [5.74, 6) is 0.591. The first-order chi connectivity index (χ1) is 13.4. The Hall–Kier alpha value is -3.09. The lowest BCUT2D eigenvalue weighted by Gasteiger charge is -2.30. The van der Waals surface area contributed by atoms with Crippen LogP contribution in [0.4, 0.5) is 5.69 Å². The third-order valence-electron chi connectivity index (χ3n) is 4.89. The van der Waals surface area contributed by atoms with Crippen molar-refractivity contribution in [2.24, 2.45) is 13.0 Å². The van der Waals surface area contributed by atoms with Crippen LogP contribution in [0.15, 0.2) is 47.4 Å². The quantitative estimate of drug-likeness (QED) is 0.859. The summed E-state index contributed by atoms with van der Waals surface area (Å²) in [5.41, 5.74) is 0.0770. The SMILES string of the molecule is CC1CCN(C(=O)c2cc(NC(=O)COc3ccccc3)c(=O)n(C)c2)CC1. The number of piperidine rings is 1. The van der Waals surface area contributed by atoms with Crippen LogP contribution in [0.3, 0.4) is 0 Å². The fourth-order valence-electron chi connectivity index (χ4n) is 3.16. The van der Waals surface area contributed by atoms with Crippen LogP contribution in [0.25, 0.3) is 0 Å². The first-order valence-electron chi connectivity index (χ1n) is 9.41. The molecule has 1 N–H and O–H groups in total. The van der Waals surface area contributed by atoms with Crippen molar-refractivity contribution in [3.63, 3.8) is 0 Å². The van der Waals surface area contributed by atoms with Gasteiger partial charge in [0.2, 0.25) is 0 Å². The number of rotatable bonds is 5. The normalized spacial score (nSPS) is 14.6. The van der Waals surface area contributed by atoms with Crippen molar-refractivity contribution >= 4 is 17.5 Å². The van der Waals surface area contributed by atoms with Gasteiger partial charge in [0.15, 0.2) is 6.61 Å². The third kappa shape index (κ3) is 4.79. The molecule has 0 spiro atoms. The van der Waals surface area contributed by atoms with Crippen LogP contribution in [0.1, 0.15) is 30.1 Å². The van der Waals surface area contributed by atoms with E-state index < -0.39 is 5.91 Å². The summed E-state index contributed by atoms with van der Waals surface area (Å²) in [5, 5.41) is 2.56. The van der Waals surface area contributed by atoms with E-state index in [1.165, 1.54) is 16.8 Å². The molecule has 0 saturated carbocycles. The Labute approximate surface area is 163 Å². The van der Waals surface area contributed by atoms with E-state index in [1.54, 1.807) is 36.2 Å². The number of likely N-dealkylation sites (tertiary alicyclic amines) is 1. The Morgan fingerprint density at radius 2 is 1.86 bits per heavy atom. The predicted octanol–water partition coefficient (Wildman–Crippen LogP) is 2.27. The Bertz CT molecular complexity index is 900. The number of pyridine rings is 1. The van der Waals surface area contributed by atoms with Crippen LogP contribution >= 0.6 is 0 Å². The summed E-state index contributed by atoms with van der Waals surface area (Å²) in [4.78, 5) is 39.1. The molecular formula is C21H25N3O4. The van der Waals surface area contributed by atoms with E-state index in [1.807, 2.05) is 6.07 Å². The van der Waals surface area contributed by atoms with Crippen LogP contribution in [0.2, 0.25) is 0 Å². The highest BCUT2D eigenvalue weighted by molar-refractivity contribution is 5.97. The van der Waals surface area contributed by atoms with E-state index >= 15 is 0 Å². The zero-order valence-corrected chi connectivity index (χ0v) is 16.2. The first kappa shape index (κ1) is 19.7. The van der Waals surface area contributed by atoms with E-state index in [-0.39, 0.29) is 23.8 Å². The van der Waals surface area contributed by atoms with E-state index in [9.17, 15) is 14.4 Å². The lowest BCUT2D eigenvalue weighted by atomic mass is 9.99. The number of hydrogen-bond acceptors (Lipinski definition) is 4. The third-order valence-corrected chi connectivity index (χ3v) is 4.89. The molecule has 1 aromatic carbocycles. The van der Waals surface area contributed by atoms with Gasteiger partial charge in [0.25, 0.3) is 17.4 Å². The summed E-state index contributed by atoms with van der Waals surface area (Å²) >= 11 is 0. The molecule has 28 heavy (non-hydrogen) atoms. The van der Waals surface area contributed by atoms with Gasteiger partial charge >= 0.3 is 0 Å². The summed E-state index contributed by atoms with van der Waals surface area (Å²) in [6, 6.07) is 10.4. The molecule has 2 aromatic rings. The van der Waals surface area contributed by atoms with Crippen LogP contribution < -0.4 is 15.6 Å². The second-order valence-corrected chi connectivity index (χ2v) is 7.18. The molecule has 2 heterocycles. The maximum atomic E-state index is 12.8. The molecule has 1 aliphatic rings. The highest BCUT2D eigenvalue weighted by atomic mass is 16.5. The molecule has 2 amide bonds. The topological polar surface area (TPSA) is 80.6 Å². The minimum atomic E-state index is -0.461. The number of benzene rings is 1. The second-order valence-electron chi connectivity index (χ2n) is 7.18. The van der Waals surface area contributed by atoms with Gasteiger partial charge in [-0.05, 0) is 37.0 Å². The van der Waals surface area contributed by atoms with Crippen LogP contribution in [-0.2, 0) is 11.8 Å². The van der Waals surface area contributed by atoms with E-state index in [2.05, 4.69) is 12.2 Å². The molecule has 7 heteroatoms. The minimum absolute atomic E-state index is 0.0698. The number of ether oxygens (including phenoxy) is 1. The van der Waals surface area contributed by atoms with Crippen molar-refractivity contribution in [2.75, 3.05) is 25.0 Å². The monoisotopic (exact) mass is 383 g/mol. The molecule has 1 fully saturated rings. The molecule has 1 aromatic heterocycles. The minimum Gasteiger partial charge on any atom is -0.484 e.